The fourth-order valence-corrected chi connectivity index (χ4v) is 2.81. The fourth-order valence-electron chi connectivity index (χ4n) is 2.08. The van der Waals surface area contributed by atoms with Crippen molar-refractivity contribution in [1.29, 1.82) is 0 Å². The number of carbonyl (C=O) groups is 1. The number of ether oxygens (including phenoxy) is 1. The van der Waals surface area contributed by atoms with Gasteiger partial charge in [-0.1, -0.05) is 0 Å². The van der Waals surface area contributed by atoms with E-state index in [-0.39, 0.29) is 11.3 Å². The van der Waals surface area contributed by atoms with Gasteiger partial charge in [0, 0.05) is 17.6 Å². The Morgan fingerprint density at radius 2 is 2.33 bits per heavy atom. The summed E-state index contributed by atoms with van der Waals surface area (Å²) in [5.41, 5.74) is 0.625. The summed E-state index contributed by atoms with van der Waals surface area (Å²) in [6, 6.07) is 5.40. The summed E-state index contributed by atoms with van der Waals surface area (Å²) in [6.45, 7) is 1.38. The monoisotopic (exact) mass is 331 g/mol. The molecule has 0 spiro atoms. The molecule has 0 aliphatic carbocycles. The lowest BCUT2D eigenvalue weighted by molar-refractivity contribution is 0.0725. The van der Waals surface area contributed by atoms with Crippen molar-refractivity contribution in [3.05, 3.63) is 28.2 Å². The highest BCUT2D eigenvalue weighted by atomic mass is 79.9. The first-order valence-electron chi connectivity index (χ1n) is 5.88. The van der Waals surface area contributed by atoms with Gasteiger partial charge in [0.15, 0.2) is 0 Å². The molecule has 98 valence electrons. The van der Waals surface area contributed by atoms with Crippen LogP contribution in [0.2, 0.25) is 0 Å². The molecule has 0 N–H and O–H groups in total. The number of hydrogen-bond donors (Lipinski definition) is 0. The highest BCUT2D eigenvalue weighted by molar-refractivity contribution is 9.10. The van der Waals surface area contributed by atoms with Crippen LogP contribution >= 0.6 is 27.5 Å². The Hall–Kier alpha value is -0.740. The number of alkyl halides is 1. The highest BCUT2D eigenvalue weighted by Crippen LogP contribution is 2.25. The van der Waals surface area contributed by atoms with Crippen molar-refractivity contribution in [3.8, 4) is 5.75 Å². The van der Waals surface area contributed by atoms with Crippen LogP contribution in [0.25, 0.3) is 0 Å². The van der Waals surface area contributed by atoms with E-state index in [1.54, 1.807) is 18.1 Å². The maximum Gasteiger partial charge on any atom is 0.255 e. The molecule has 18 heavy (non-hydrogen) atoms. The Morgan fingerprint density at radius 3 is 3.00 bits per heavy atom. The van der Waals surface area contributed by atoms with Crippen molar-refractivity contribution in [1.82, 2.24) is 4.90 Å². The van der Waals surface area contributed by atoms with E-state index >= 15 is 0 Å². The summed E-state index contributed by atoms with van der Waals surface area (Å²) >= 11 is 9.52. The SMILES string of the molecule is COc1ccc(Br)c(C(=O)N2CCCC(Cl)C2)c1. The molecule has 1 atom stereocenters. The van der Waals surface area contributed by atoms with Gasteiger partial charge in [0.1, 0.15) is 5.75 Å². The Labute approximate surface area is 120 Å². The van der Waals surface area contributed by atoms with Crippen molar-refractivity contribution in [2.45, 2.75) is 18.2 Å². The van der Waals surface area contributed by atoms with E-state index in [9.17, 15) is 4.79 Å². The number of nitrogens with zero attached hydrogens (tertiary/aromatic N) is 1. The first kappa shape index (κ1) is 13.7. The largest absolute Gasteiger partial charge is 0.497 e. The van der Waals surface area contributed by atoms with Gasteiger partial charge >= 0.3 is 0 Å². The van der Waals surface area contributed by atoms with Gasteiger partial charge in [-0.2, -0.15) is 0 Å². The predicted molar refractivity (Wildman–Crippen MR) is 75.5 cm³/mol. The summed E-state index contributed by atoms with van der Waals surface area (Å²) in [5.74, 6) is 0.687. The molecular weight excluding hydrogens is 318 g/mol. The average molecular weight is 333 g/mol. The number of rotatable bonds is 2. The zero-order chi connectivity index (χ0) is 13.1. The first-order chi connectivity index (χ1) is 8.61. The Morgan fingerprint density at radius 1 is 1.56 bits per heavy atom. The van der Waals surface area contributed by atoms with Crippen LogP contribution in [-0.4, -0.2) is 36.4 Å². The molecule has 5 heteroatoms. The van der Waals surface area contributed by atoms with Gasteiger partial charge in [0.2, 0.25) is 0 Å². The maximum atomic E-state index is 12.4. The second kappa shape index (κ2) is 5.93. The molecule has 1 saturated heterocycles. The molecular formula is C13H15BrClNO2. The molecule has 0 radical (unpaired) electrons. The molecule has 1 heterocycles. The van der Waals surface area contributed by atoms with Crippen LogP contribution in [0.5, 0.6) is 5.75 Å². The second-order valence-corrected chi connectivity index (χ2v) is 5.81. The minimum Gasteiger partial charge on any atom is -0.497 e. The minimum absolute atomic E-state index is 0.00567. The molecule has 1 aromatic carbocycles. The van der Waals surface area contributed by atoms with Crippen LogP contribution in [-0.2, 0) is 0 Å². The summed E-state index contributed by atoms with van der Waals surface area (Å²) in [4.78, 5) is 14.2. The van der Waals surface area contributed by atoms with Crippen LogP contribution in [0.15, 0.2) is 22.7 Å². The van der Waals surface area contributed by atoms with E-state index in [0.29, 0.717) is 17.9 Å². The van der Waals surface area contributed by atoms with Gasteiger partial charge in [-0.05, 0) is 47.0 Å². The van der Waals surface area contributed by atoms with E-state index in [2.05, 4.69) is 15.9 Å². The molecule has 2 rings (SSSR count). The van der Waals surface area contributed by atoms with Crippen molar-refractivity contribution in [2.24, 2.45) is 0 Å². The van der Waals surface area contributed by atoms with Crippen LogP contribution in [0.1, 0.15) is 23.2 Å². The van der Waals surface area contributed by atoms with Gasteiger partial charge < -0.3 is 9.64 Å². The number of halogens is 2. The van der Waals surface area contributed by atoms with E-state index in [4.69, 9.17) is 16.3 Å². The van der Waals surface area contributed by atoms with Crippen molar-refractivity contribution in [2.75, 3.05) is 20.2 Å². The molecule has 1 aliphatic rings. The van der Waals surface area contributed by atoms with Gasteiger partial charge in [-0.15, -0.1) is 11.6 Å². The summed E-state index contributed by atoms with van der Waals surface area (Å²) in [5, 5.41) is 0.0621. The number of piperidine rings is 1. The van der Waals surface area contributed by atoms with E-state index < -0.39 is 0 Å². The third-order valence-electron chi connectivity index (χ3n) is 3.06. The third-order valence-corrected chi connectivity index (χ3v) is 4.10. The van der Waals surface area contributed by atoms with E-state index in [1.807, 2.05) is 12.1 Å². The van der Waals surface area contributed by atoms with Gasteiger partial charge in [-0.25, -0.2) is 0 Å². The molecule has 0 aromatic heterocycles. The minimum atomic E-state index is 0.00567. The topological polar surface area (TPSA) is 29.5 Å². The lowest BCUT2D eigenvalue weighted by Gasteiger charge is -2.30. The number of likely N-dealkylation sites (tertiary alicyclic amines) is 1. The highest BCUT2D eigenvalue weighted by Gasteiger charge is 2.24. The van der Waals surface area contributed by atoms with Crippen LogP contribution in [0.3, 0.4) is 0 Å². The number of hydrogen-bond acceptors (Lipinski definition) is 2. The lowest BCUT2D eigenvalue weighted by atomic mass is 10.1. The zero-order valence-corrected chi connectivity index (χ0v) is 12.5. The molecule has 1 aromatic rings. The van der Waals surface area contributed by atoms with Crippen molar-refractivity contribution < 1.29 is 9.53 Å². The molecule has 1 fully saturated rings. The molecule has 0 bridgehead atoms. The Balaban J connectivity index is 2.22. The Bertz CT molecular complexity index is 453. The fraction of sp³-hybridized carbons (Fsp3) is 0.462. The molecule has 1 amide bonds. The van der Waals surface area contributed by atoms with Crippen molar-refractivity contribution >= 4 is 33.4 Å². The Kier molecular flexibility index (Phi) is 4.51. The van der Waals surface area contributed by atoms with Gasteiger partial charge in [0.05, 0.1) is 18.1 Å². The zero-order valence-electron chi connectivity index (χ0n) is 10.2. The third kappa shape index (κ3) is 2.98. The number of benzene rings is 1. The lowest BCUT2D eigenvalue weighted by Crippen LogP contribution is -2.40. The number of methoxy groups -OCH3 is 1. The van der Waals surface area contributed by atoms with E-state index in [1.165, 1.54) is 0 Å². The summed E-state index contributed by atoms with van der Waals surface area (Å²) in [7, 11) is 1.59. The number of amides is 1. The smallest absolute Gasteiger partial charge is 0.255 e. The molecule has 0 saturated carbocycles. The molecule has 1 aliphatic heterocycles. The quantitative estimate of drug-likeness (QED) is 0.778. The number of carbonyl (C=O) groups excluding carboxylic acids is 1. The predicted octanol–water partition coefficient (Wildman–Crippen LogP) is 3.30. The maximum absolute atomic E-state index is 12.4. The molecule has 1 unspecified atom stereocenters. The standard InChI is InChI=1S/C13H15BrClNO2/c1-18-10-4-5-12(14)11(7-10)13(17)16-6-2-3-9(15)8-16/h4-5,7,9H,2-3,6,8H2,1H3. The van der Waals surface area contributed by atoms with Crippen LogP contribution in [0.4, 0.5) is 0 Å². The summed E-state index contributed by atoms with van der Waals surface area (Å²) < 4.78 is 5.93. The molecule has 3 nitrogen and oxygen atoms in total. The van der Waals surface area contributed by atoms with Gasteiger partial charge in [-0.3, -0.25) is 4.79 Å². The second-order valence-electron chi connectivity index (χ2n) is 4.34. The van der Waals surface area contributed by atoms with Crippen LogP contribution in [0, 0.1) is 0 Å². The average Bonchev–Trinajstić information content (AvgIpc) is 2.38. The first-order valence-corrected chi connectivity index (χ1v) is 7.11. The van der Waals surface area contributed by atoms with E-state index in [0.717, 1.165) is 23.9 Å². The van der Waals surface area contributed by atoms with Crippen LogP contribution < -0.4 is 4.74 Å². The summed E-state index contributed by atoms with van der Waals surface area (Å²) in [6.07, 6.45) is 1.94. The van der Waals surface area contributed by atoms with Gasteiger partial charge in [0.25, 0.3) is 5.91 Å². The normalized spacial score (nSPS) is 19.7. The van der Waals surface area contributed by atoms with Crippen molar-refractivity contribution in [3.63, 3.8) is 0 Å².